The minimum Gasteiger partial charge on any atom is -0.508 e. The molecule has 0 saturated heterocycles. The molecule has 2 aromatic rings. The quantitative estimate of drug-likeness (QED) is 0.818. The van der Waals surface area contributed by atoms with Gasteiger partial charge in [-0.25, -0.2) is 8.78 Å². The van der Waals surface area contributed by atoms with Crippen molar-refractivity contribution in [1.82, 2.24) is 0 Å². The van der Waals surface area contributed by atoms with E-state index >= 15 is 0 Å². The first-order valence-electron chi connectivity index (χ1n) is 4.80. The smallest absolute Gasteiger partial charge is 0.159 e. The van der Waals surface area contributed by atoms with Crippen LogP contribution in [0.5, 0.6) is 5.75 Å². The molecule has 0 fully saturated rings. The van der Waals surface area contributed by atoms with E-state index in [1.165, 1.54) is 24.3 Å². The van der Waals surface area contributed by atoms with Crippen molar-refractivity contribution in [2.24, 2.45) is 0 Å². The van der Waals surface area contributed by atoms with Crippen LogP contribution in [0.1, 0.15) is 5.56 Å². The Labute approximate surface area is 96.4 Å². The molecule has 0 heterocycles. The summed E-state index contributed by atoms with van der Waals surface area (Å²) >= 11 is 0. The average Bonchev–Trinajstić information content (AvgIpc) is 2.32. The molecule has 1 N–H and O–H groups in total. The van der Waals surface area contributed by atoms with E-state index < -0.39 is 11.6 Å². The number of nitriles is 1. The van der Waals surface area contributed by atoms with Gasteiger partial charge in [-0.15, -0.1) is 0 Å². The number of hydrogen-bond donors (Lipinski definition) is 1. The van der Waals surface area contributed by atoms with Crippen molar-refractivity contribution >= 4 is 0 Å². The zero-order chi connectivity index (χ0) is 12.4. The highest BCUT2D eigenvalue weighted by Gasteiger charge is 2.06. The number of phenols is 1. The monoisotopic (exact) mass is 231 g/mol. The summed E-state index contributed by atoms with van der Waals surface area (Å²) in [4.78, 5) is 0. The molecule has 0 radical (unpaired) electrons. The van der Waals surface area contributed by atoms with Crippen molar-refractivity contribution in [3.63, 3.8) is 0 Å². The lowest BCUT2D eigenvalue weighted by Gasteiger charge is -2.04. The number of benzene rings is 2. The highest BCUT2D eigenvalue weighted by Crippen LogP contribution is 2.26. The molecule has 0 atom stereocenters. The van der Waals surface area contributed by atoms with E-state index in [0.29, 0.717) is 11.1 Å². The molecule has 0 saturated carbocycles. The van der Waals surface area contributed by atoms with Crippen LogP contribution in [0, 0.1) is 23.0 Å². The first-order chi connectivity index (χ1) is 8.10. The Hall–Kier alpha value is -2.41. The van der Waals surface area contributed by atoms with Gasteiger partial charge in [0.05, 0.1) is 11.6 Å². The maximum atomic E-state index is 13.0. The van der Waals surface area contributed by atoms with Gasteiger partial charge >= 0.3 is 0 Å². The van der Waals surface area contributed by atoms with E-state index in [9.17, 15) is 13.9 Å². The molecule has 17 heavy (non-hydrogen) atoms. The topological polar surface area (TPSA) is 44.0 Å². The normalized spacial score (nSPS) is 9.94. The van der Waals surface area contributed by atoms with Gasteiger partial charge in [0.25, 0.3) is 0 Å². The fraction of sp³-hybridized carbons (Fsp3) is 0. The predicted molar refractivity (Wildman–Crippen MR) is 58.2 cm³/mol. The molecule has 0 amide bonds. The Morgan fingerprint density at radius 3 is 2.35 bits per heavy atom. The predicted octanol–water partition coefficient (Wildman–Crippen LogP) is 3.21. The summed E-state index contributed by atoms with van der Waals surface area (Å²) in [7, 11) is 0. The van der Waals surface area contributed by atoms with Gasteiger partial charge in [-0.2, -0.15) is 5.26 Å². The lowest BCUT2D eigenvalue weighted by Crippen LogP contribution is -1.86. The highest BCUT2D eigenvalue weighted by molar-refractivity contribution is 5.67. The van der Waals surface area contributed by atoms with E-state index in [0.717, 1.165) is 12.1 Å². The van der Waals surface area contributed by atoms with Crippen LogP contribution in [0.3, 0.4) is 0 Å². The third kappa shape index (κ3) is 2.23. The molecular weight excluding hydrogens is 224 g/mol. The van der Waals surface area contributed by atoms with Crippen molar-refractivity contribution in [1.29, 1.82) is 5.26 Å². The van der Waals surface area contributed by atoms with Crippen molar-refractivity contribution in [3.05, 3.63) is 53.6 Å². The summed E-state index contributed by atoms with van der Waals surface area (Å²) in [6.07, 6.45) is 0. The van der Waals surface area contributed by atoms with Gasteiger partial charge in [-0.3, -0.25) is 0 Å². The zero-order valence-corrected chi connectivity index (χ0v) is 8.61. The van der Waals surface area contributed by atoms with Crippen molar-refractivity contribution in [2.45, 2.75) is 0 Å². The Morgan fingerprint density at radius 1 is 0.941 bits per heavy atom. The summed E-state index contributed by atoms with van der Waals surface area (Å²) in [6, 6.07) is 9.45. The third-order valence-electron chi connectivity index (χ3n) is 2.30. The Bertz CT molecular complexity index is 617. The summed E-state index contributed by atoms with van der Waals surface area (Å²) in [5, 5.41) is 18.1. The Kier molecular flexibility index (Phi) is 2.75. The largest absolute Gasteiger partial charge is 0.508 e. The molecule has 0 aliphatic heterocycles. The number of halogens is 2. The molecular formula is C13H7F2NO. The molecule has 0 bridgehead atoms. The van der Waals surface area contributed by atoms with E-state index in [1.807, 2.05) is 6.07 Å². The Balaban J connectivity index is 2.56. The second-order valence-electron chi connectivity index (χ2n) is 3.51. The summed E-state index contributed by atoms with van der Waals surface area (Å²) in [5.74, 6) is -2.00. The van der Waals surface area contributed by atoms with Crippen LogP contribution in [0.25, 0.3) is 11.1 Å². The first kappa shape index (κ1) is 11.1. The van der Waals surface area contributed by atoms with E-state index in [1.54, 1.807) is 0 Å². The second kappa shape index (κ2) is 4.22. The van der Waals surface area contributed by atoms with Gasteiger partial charge in [-0.05, 0) is 41.5 Å². The molecule has 2 nitrogen and oxygen atoms in total. The average molecular weight is 231 g/mol. The summed E-state index contributed by atoms with van der Waals surface area (Å²) < 4.78 is 25.8. The van der Waals surface area contributed by atoms with Crippen LogP contribution < -0.4 is 0 Å². The molecule has 0 aliphatic carbocycles. The van der Waals surface area contributed by atoms with Crippen LogP contribution in [0.15, 0.2) is 36.4 Å². The van der Waals surface area contributed by atoms with Crippen LogP contribution in [-0.4, -0.2) is 5.11 Å². The minimum absolute atomic E-state index is 0.0937. The van der Waals surface area contributed by atoms with Crippen molar-refractivity contribution in [2.75, 3.05) is 0 Å². The van der Waals surface area contributed by atoms with Crippen molar-refractivity contribution in [3.8, 4) is 22.9 Å². The molecule has 0 aliphatic rings. The van der Waals surface area contributed by atoms with E-state index in [-0.39, 0.29) is 11.3 Å². The van der Waals surface area contributed by atoms with Crippen LogP contribution in [0.2, 0.25) is 0 Å². The standard InChI is InChI=1S/C13H7F2NO/c14-12-2-1-9(6-13(12)15)10-3-8(7-16)4-11(17)5-10/h1-6,17H. The van der Waals surface area contributed by atoms with Gasteiger partial charge < -0.3 is 5.11 Å². The van der Waals surface area contributed by atoms with Gasteiger partial charge in [0.2, 0.25) is 0 Å². The fourth-order valence-corrected chi connectivity index (χ4v) is 1.52. The molecule has 0 aromatic heterocycles. The molecule has 2 aromatic carbocycles. The Morgan fingerprint density at radius 2 is 1.71 bits per heavy atom. The molecule has 84 valence electrons. The fourth-order valence-electron chi connectivity index (χ4n) is 1.52. The first-order valence-corrected chi connectivity index (χ1v) is 4.80. The van der Waals surface area contributed by atoms with E-state index in [4.69, 9.17) is 5.26 Å². The SMILES string of the molecule is N#Cc1cc(O)cc(-c2ccc(F)c(F)c2)c1. The van der Waals surface area contributed by atoms with E-state index in [2.05, 4.69) is 0 Å². The van der Waals surface area contributed by atoms with Gasteiger partial charge in [0.1, 0.15) is 5.75 Å². The van der Waals surface area contributed by atoms with Gasteiger partial charge in [0.15, 0.2) is 11.6 Å². The number of hydrogen-bond acceptors (Lipinski definition) is 2. The molecule has 0 spiro atoms. The zero-order valence-electron chi connectivity index (χ0n) is 8.61. The molecule has 2 rings (SSSR count). The third-order valence-corrected chi connectivity index (χ3v) is 2.30. The second-order valence-corrected chi connectivity index (χ2v) is 3.51. The summed E-state index contributed by atoms with van der Waals surface area (Å²) in [6.45, 7) is 0. The number of rotatable bonds is 1. The minimum atomic E-state index is -0.968. The lowest BCUT2D eigenvalue weighted by atomic mass is 10.0. The van der Waals surface area contributed by atoms with Crippen LogP contribution >= 0.6 is 0 Å². The summed E-state index contributed by atoms with van der Waals surface area (Å²) in [5.41, 5.74) is 1.11. The number of nitrogens with zero attached hydrogens (tertiary/aromatic N) is 1. The van der Waals surface area contributed by atoms with Gasteiger partial charge in [0, 0.05) is 0 Å². The lowest BCUT2D eigenvalue weighted by molar-refractivity contribution is 0.475. The maximum absolute atomic E-state index is 13.0. The van der Waals surface area contributed by atoms with Gasteiger partial charge in [-0.1, -0.05) is 6.07 Å². The van der Waals surface area contributed by atoms with Crippen LogP contribution in [-0.2, 0) is 0 Å². The maximum Gasteiger partial charge on any atom is 0.159 e. The van der Waals surface area contributed by atoms with Crippen molar-refractivity contribution < 1.29 is 13.9 Å². The number of aromatic hydroxyl groups is 1. The molecule has 0 unspecified atom stereocenters. The number of phenolic OH excluding ortho intramolecular Hbond substituents is 1. The van der Waals surface area contributed by atoms with Crippen LogP contribution in [0.4, 0.5) is 8.78 Å². The molecule has 4 heteroatoms. The highest BCUT2D eigenvalue weighted by atomic mass is 19.2.